The van der Waals surface area contributed by atoms with Crippen molar-refractivity contribution in [1.82, 2.24) is 0 Å². The van der Waals surface area contributed by atoms with Crippen molar-refractivity contribution in [3.8, 4) is 0 Å². The van der Waals surface area contributed by atoms with E-state index in [-0.39, 0.29) is 25.0 Å². The van der Waals surface area contributed by atoms with Crippen LogP contribution in [0.5, 0.6) is 0 Å². The van der Waals surface area contributed by atoms with Gasteiger partial charge in [0.25, 0.3) is 0 Å². The minimum absolute atomic E-state index is 0.109. The molecule has 1 aliphatic rings. The summed E-state index contributed by atoms with van der Waals surface area (Å²) < 4.78 is 24.2. The van der Waals surface area contributed by atoms with Crippen molar-refractivity contribution in [3.05, 3.63) is 0 Å². The summed E-state index contributed by atoms with van der Waals surface area (Å²) in [6.07, 6.45) is -1.43. The second-order valence-corrected chi connectivity index (χ2v) is 4.58. The van der Waals surface area contributed by atoms with Gasteiger partial charge in [0.15, 0.2) is 0 Å². The molecule has 1 saturated carbocycles. The fourth-order valence-electron chi connectivity index (χ4n) is 2.55. The second-order valence-electron chi connectivity index (χ2n) is 4.58. The SMILES string of the molecule is CC1(CC(F)F)CC(CO)(CO)C1. The zero-order valence-electron chi connectivity index (χ0n) is 7.76. The lowest BCUT2D eigenvalue weighted by Crippen LogP contribution is -2.50. The van der Waals surface area contributed by atoms with Gasteiger partial charge in [-0.2, -0.15) is 0 Å². The van der Waals surface area contributed by atoms with Gasteiger partial charge in [-0.15, -0.1) is 0 Å². The molecular formula is C9H16F2O2. The molecule has 1 fully saturated rings. The molecule has 0 atom stereocenters. The van der Waals surface area contributed by atoms with Gasteiger partial charge in [0.05, 0.1) is 13.2 Å². The lowest BCUT2D eigenvalue weighted by molar-refractivity contribution is -0.117. The first kappa shape index (κ1) is 10.9. The van der Waals surface area contributed by atoms with E-state index >= 15 is 0 Å². The van der Waals surface area contributed by atoms with E-state index in [1.54, 1.807) is 6.92 Å². The van der Waals surface area contributed by atoms with Crippen LogP contribution in [0, 0.1) is 10.8 Å². The number of hydrogen-bond acceptors (Lipinski definition) is 2. The van der Waals surface area contributed by atoms with Gasteiger partial charge >= 0.3 is 0 Å². The average molecular weight is 194 g/mol. The Hall–Kier alpha value is -0.220. The van der Waals surface area contributed by atoms with Crippen LogP contribution in [0.15, 0.2) is 0 Å². The van der Waals surface area contributed by atoms with Gasteiger partial charge in [0.1, 0.15) is 0 Å². The van der Waals surface area contributed by atoms with Crippen molar-refractivity contribution in [2.45, 2.75) is 32.6 Å². The number of hydrogen-bond donors (Lipinski definition) is 2. The molecule has 0 heterocycles. The molecular weight excluding hydrogens is 178 g/mol. The normalized spacial score (nSPS) is 24.5. The van der Waals surface area contributed by atoms with Crippen molar-refractivity contribution >= 4 is 0 Å². The van der Waals surface area contributed by atoms with Gasteiger partial charge in [-0.25, -0.2) is 8.78 Å². The van der Waals surface area contributed by atoms with E-state index in [9.17, 15) is 8.78 Å². The first-order chi connectivity index (χ1) is 5.95. The van der Waals surface area contributed by atoms with Crippen molar-refractivity contribution in [2.75, 3.05) is 13.2 Å². The predicted molar refractivity (Wildman–Crippen MR) is 44.6 cm³/mol. The van der Waals surface area contributed by atoms with Gasteiger partial charge < -0.3 is 10.2 Å². The summed E-state index contributed by atoms with van der Waals surface area (Å²) in [5, 5.41) is 17.9. The fourth-order valence-corrected chi connectivity index (χ4v) is 2.55. The van der Waals surface area contributed by atoms with Crippen LogP contribution in [0.3, 0.4) is 0 Å². The van der Waals surface area contributed by atoms with E-state index in [0.29, 0.717) is 12.8 Å². The molecule has 0 aliphatic heterocycles. The van der Waals surface area contributed by atoms with Gasteiger partial charge in [0.2, 0.25) is 6.43 Å². The quantitative estimate of drug-likeness (QED) is 0.710. The number of aliphatic hydroxyl groups is 2. The molecule has 0 bridgehead atoms. The molecule has 1 rings (SSSR count). The van der Waals surface area contributed by atoms with Gasteiger partial charge in [-0.05, 0) is 18.3 Å². The van der Waals surface area contributed by atoms with Crippen LogP contribution in [0.4, 0.5) is 8.78 Å². The minimum Gasteiger partial charge on any atom is -0.396 e. The number of alkyl halides is 2. The van der Waals surface area contributed by atoms with Gasteiger partial charge in [-0.1, -0.05) is 6.92 Å². The Balaban J connectivity index is 2.45. The predicted octanol–water partition coefficient (Wildman–Crippen LogP) is 1.41. The van der Waals surface area contributed by atoms with Crippen LogP contribution >= 0.6 is 0 Å². The van der Waals surface area contributed by atoms with E-state index in [1.807, 2.05) is 0 Å². The Morgan fingerprint density at radius 2 is 1.69 bits per heavy atom. The lowest BCUT2D eigenvalue weighted by atomic mass is 9.53. The monoisotopic (exact) mass is 194 g/mol. The molecule has 1 aliphatic carbocycles. The third kappa shape index (κ3) is 2.17. The van der Waals surface area contributed by atoms with E-state index in [1.165, 1.54) is 0 Å². The maximum absolute atomic E-state index is 12.1. The maximum Gasteiger partial charge on any atom is 0.239 e. The molecule has 0 aromatic heterocycles. The zero-order chi connectivity index (χ0) is 10.1. The maximum atomic E-state index is 12.1. The van der Waals surface area contributed by atoms with Crippen LogP contribution < -0.4 is 0 Å². The van der Waals surface area contributed by atoms with Crippen molar-refractivity contribution in [1.29, 1.82) is 0 Å². The topological polar surface area (TPSA) is 40.5 Å². The minimum atomic E-state index is -2.29. The van der Waals surface area contributed by atoms with Crippen molar-refractivity contribution in [2.24, 2.45) is 10.8 Å². The smallest absolute Gasteiger partial charge is 0.239 e. The molecule has 4 heteroatoms. The molecule has 0 aromatic carbocycles. The van der Waals surface area contributed by atoms with Crippen LogP contribution in [-0.2, 0) is 0 Å². The molecule has 0 spiro atoms. The summed E-state index contributed by atoms with van der Waals surface area (Å²) >= 11 is 0. The first-order valence-electron chi connectivity index (χ1n) is 4.45. The Labute approximate surface area is 76.6 Å². The Morgan fingerprint density at radius 3 is 2.00 bits per heavy atom. The molecule has 0 aromatic rings. The van der Waals surface area contributed by atoms with Crippen molar-refractivity contribution < 1.29 is 19.0 Å². The van der Waals surface area contributed by atoms with E-state index in [0.717, 1.165) is 0 Å². The molecule has 13 heavy (non-hydrogen) atoms. The molecule has 0 saturated heterocycles. The summed E-state index contributed by atoms with van der Waals surface area (Å²) in [5.74, 6) is 0. The number of aliphatic hydroxyl groups excluding tert-OH is 2. The van der Waals surface area contributed by atoms with E-state index in [2.05, 4.69) is 0 Å². The lowest BCUT2D eigenvalue weighted by Gasteiger charge is -2.53. The van der Waals surface area contributed by atoms with E-state index < -0.39 is 11.8 Å². The van der Waals surface area contributed by atoms with Gasteiger partial charge in [-0.3, -0.25) is 0 Å². The standard InChI is InChI=1S/C9H16F2O2/c1-8(2-7(10)11)3-9(4-8,5-12)6-13/h7,12-13H,2-6H2,1H3. The van der Waals surface area contributed by atoms with Crippen molar-refractivity contribution in [3.63, 3.8) is 0 Å². The van der Waals surface area contributed by atoms with Gasteiger partial charge in [0, 0.05) is 11.8 Å². The van der Waals surface area contributed by atoms with Crippen LogP contribution in [-0.4, -0.2) is 29.9 Å². The van der Waals surface area contributed by atoms with E-state index in [4.69, 9.17) is 10.2 Å². The Morgan fingerprint density at radius 1 is 1.23 bits per heavy atom. The highest BCUT2D eigenvalue weighted by Gasteiger charge is 2.51. The third-order valence-corrected chi connectivity index (χ3v) is 2.92. The Kier molecular flexibility index (Phi) is 2.92. The molecule has 2 nitrogen and oxygen atoms in total. The zero-order valence-corrected chi connectivity index (χ0v) is 7.76. The molecule has 2 N–H and O–H groups in total. The average Bonchev–Trinajstić information content (AvgIpc) is 1.98. The second kappa shape index (κ2) is 3.50. The summed E-state index contributed by atoms with van der Waals surface area (Å²) in [5.41, 5.74) is -0.886. The van der Waals surface area contributed by atoms with Crippen LogP contribution in [0.2, 0.25) is 0 Å². The molecule has 0 unspecified atom stereocenters. The summed E-state index contributed by atoms with van der Waals surface area (Å²) in [6.45, 7) is 1.56. The highest BCUT2D eigenvalue weighted by atomic mass is 19.3. The number of halogens is 2. The van der Waals surface area contributed by atoms with Crippen LogP contribution in [0.25, 0.3) is 0 Å². The Bertz CT molecular complexity index is 170. The summed E-state index contributed by atoms with van der Waals surface area (Å²) in [7, 11) is 0. The molecule has 0 amide bonds. The van der Waals surface area contributed by atoms with Crippen LogP contribution in [0.1, 0.15) is 26.2 Å². The summed E-state index contributed by atoms with van der Waals surface area (Å²) in [4.78, 5) is 0. The first-order valence-corrected chi connectivity index (χ1v) is 4.45. The largest absolute Gasteiger partial charge is 0.396 e. The number of rotatable bonds is 4. The highest BCUT2D eigenvalue weighted by Crippen LogP contribution is 2.56. The third-order valence-electron chi connectivity index (χ3n) is 2.92. The summed E-state index contributed by atoms with van der Waals surface area (Å²) in [6, 6.07) is 0. The molecule has 0 radical (unpaired) electrons. The fraction of sp³-hybridized carbons (Fsp3) is 1.00. The molecule has 78 valence electrons. The highest BCUT2D eigenvalue weighted by molar-refractivity contribution is 5.00.